The van der Waals surface area contributed by atoms with Crippen molar-refractivity contribution in [3.05, 3.63) is 36.4 Å². The monoisotopic (exact) mass is 281 g/mol. The number of para-hydroxylation sites is 1. The maximum Gasteiger partial charge on any atom is 0.129 e. The summed E-state index contributed by atoms with van der Waals surface area (Å²) >= 11 is 0. The zero-order valence-corrected chi connectivity index (χ0v) is 12.7. The van der Waals surface area contributed by atoms with E-state index in [-0.39, 0.29) is 0 Å². The third kappa shape index (κ3) is 2.40. The molecule has 2 aliphatic heterocycles. The van der Waals surface area contributed by atoms with Crippen LogP contribution >= 0.6 is 0 Å². The zero-order chi connectivity index (χ0) is 14.2. The van der Waals surface area contributed by atoms with Crippen LogP contribution in [0.15, 0.2) is 36.4 Å². The van der Waals surface area contributed by atoms with Gasteiger partial charge in [0.2, 0.25) is 0 Å². The van der Waals surface area contributed by atoms with Crippen molar-refractivity contribution in [2.24, 2.45) is 0 Å². The highest BCUT2D eigenvalue weighted by Gasteiger charge is 2.32. The van der Waals surface area contributed by atoms with Gasteiger partial charge < -0.3 is 4.90 Å². The predicted octanol–water partition coefficient (Wildman–Crippen LogP) is 3.30. The lowest BCUT2D eigenvalue weighted by atomic mass is 9.96. The van der Waals surface area contributed by atoms with Gasteiger partial charge in [-0.1, -0.05) is 24.6 Å². The molecule has 2 saturated heterocycles. The Morgan fingerprint density at radius 1 is 1.00 bits per heavy atom. The van der Waals surface area contributed by atoms with Crippen LogP contribution < -0.4 is 4.90 Å². The van der Waals surface area contributed by atoms with Crippen molar-refractivity contribution in [3.63, 3.8) is 0 Å². The SMILES string of the molecule is CN1C2CCCC1CN(c1ccc3ccccc3n1)CC2. The average molecular weight is 281 g/mol. The number of benzene rings is 1. The first-order chi connectivity index (χ1) is 10.3. The number of rotatable bonds is 1. The maximum absolute atomic E-state index is 4.89. The van der Waals surface area contributed by atoms with Crippen LogP contribution in [-0.2, 0) is 0 Å². The van der Waals surface area contributed by atoms with Gasteiger partial charge in [-0.25, -0.2) is 4.98 Å². The van der Waals surface area contributed by atoms with Crippen LogP contribution in [0.1, 0.15) is 25.7 Å². The van der Waals surface area contributed by atoms with Crippen molar-refractivity contribution in [3.8, 4) is 0 Å². The van der Waals surface area contributed by atoms with Gasteiger partial charge in [-0.2, -0.15) is 0 Å². The van der Waals surface area contributed by atoms with Crippen LogP contribution in [0.4, 0.5) is 5.82 Å². The first-order valence-electron chi connectivity index (χ1n) is 8.14. The Labute approximate surface area is 126 Å². The van der Waals surface area contributed by atoms with Gasteiger partial charge >= 0.3 is 0 Å². The predicted molar refractivity (Wildman–Crippen MR) is 87.8 cm³/mol. The highest BCUT2D eigenvalue weighted by Crippen LogP contribution is 2.29. The molecule has 2 bridgehead atoms. The molecule has 1 aromatic carbocycles. The summed E-state index contributed by atoms with van der Waals surface area (Å²) in [4.78, 5) is 10.0. The van der Waals surface area contributed by atoms with Crippen molar-refractivity contribution in [2.75, 3.05) is 25.0 Å². The molecule has 0 aliphatic carbocycles. The molecule has 1 aromatic heterocycles. The fraction of sp³-hybridized carbons (Fsp3) is 0.500. The summed E-state index contributed by atoms with van der Waals surface area (Å²) in [5.41, 5.74) is 1.11. The summed E-state index contributed by atoms with van der Waals surface area (Å²) in [6.45, 7) is 2.26. The smallest absolute Gasteiger partial charge is 0.129 e. The Hall–Kier alpha value is -1.61. The van der Waals surface area contributed by atoms with Crippen LogP contribution in [0.3, 0.4) is 0 Å². The maximum atomic E-state index is 4.89. The number of hydrogen-bond acceptors (Lipinski definition) is 3. The Balaban J connectivity index is 1.65. The quantitative estimate of drug-likeness (QED) is 0.799. The minimum Gasteiger partial charge on any atom is -0.355 e. The molecule has 3 heterocycles. The highest BCUT2D eigenvalue weighted by molar-refractivity contribution is 5.80. The second-order valence-electron chi connectivity index (χ2n) is 6.50. The topological polar surface area (TPSA) is 19.4 Å². The number of nitrogens with zero attached hydrogens (tertiary/aromatic N) is 3. The molecule has 0 spiro atoms. The summed E-state index contributed by atoms with van der Waals surface area (Å²) in [5, 5.41) is 1.23. The van der Waals surface area contributed by atoms with Crippen molar-refractivity contribution < 1.29 is 0 Å². The van der Waals surface area contributed by atoms with Gasteiger partial charge in [-0.05, 0) is 44.5 Å². The lowest BCUT2D eigenvalue weighted by molar-refractivity contribution is 0.127. The molecule has 2 unspecified atom stereocenters. The second kappa shape index (κ2) is 5.30. The van der Waals surface area contributed by atoms with Crippen molar-refractivity contribution in [1.29, 1.82) is 0 Å². The first-order valence-corrected chi connectivity index (χ1v) is 8.14. The molecular formula is C18H23N3. The van der Waals surface area contributed by atoms with Gasteiger partial charge in [0.15, 0.2) is 0 Å². The number of anilines is 1. The van der Waals surface area contributed by atoms with E-state index in [0.29, 0.717) is 6.04 Å². The van der Waals surface area contributed by atoms with E-state index in [4.69, 9.17) is 4.98 Å². The van der Waals surface area contributed by atoms with Crippen molar-refractivity contribution >= 4 is 16.7 Å². The number of piperidine rings is 1. The summed E-state index contributed by atoms with van der Waals surface area (Å²) in [5.74, 6) is 1.15. The van der Waals surface area contributed by atoms with Crippen LogP contribution in [0.5, 0.6) is 0 Å². The fourth-order valence-electron chi connectivity index (χ4n) is 3.95. The first kappa shape index (κ1) is 13.1. The molecule has 4 rings (SSSR count). The Bertz CT molecular complexity index is 639. The summed E-state index contributed by atoms with van der Waals surface area (Å²) in [6, 6.07) is 14.3. The van der Waals surface area contributed by atoms with Crippen LogP contribution in [0.2, 0.25) is 0 Å². The van der Waals surface area contributed by atoms with E-state index in [2.05, 4.69) is 53.2 Å². The van der Waals surface area contributed by atoms with Crippen LogP contribution in [-0.4, -0.2) is 42.1 Å². The second-order valence-corrected chi connectivity index (χ2v) is 6.50. The van der Waals surface area contributed by atoms with E-state index in [1.807, 2.05) is 0 Å². The number of fused-ring (bicyclic) bond motifs is 3. The van der Waals surface area contributed by atoms with Crippen molar-refractivity contribution in [1.82, 2.24) is 9.88 Å². The molecule has 0 saturated carbocycles. The van der Waals surface area contributed by atoms with E-state index in [0.717, 1.165) is 30.5 Å². The van der Waals surface area contributed by atoms with E-state index >= 15 is 0 Å². The molecule has 110 valence electrons. The van der Waals surface area contributed by atoms with Gasteiger partial charge in [0.25, 0.3) is 0 Å². The summed E-state index contributed by atoms with van der Waals surface area (Å²) in [7, 11) is 2.31. The molecule has 0 N–H and O–H groups in total. The number of pyridine rings is 1. The number of likely N-dealkylation sites (N-methyl/N-ethyl adjacent to an activating group) is 1. The van der Waals surface area contributed by atoms with E-state index in [9.17, 15) is 0 Å². The van der Waals surface area contributed by atoms with Crippen LogP contribution in [0.25, 0.3) is 10.9 Å². The lowest BCUT2D eigenvalue weighted by Gasteiger charge is -2.37. The zero-order valence-electron chi connectivity index (χ0n) is 12.7. The van der Waals surface area contributed by atoms with Crippen LogP contribution in [0, 0.1) is 0 Å². The normalized spacial score (nSPS) is 26.8. The summed E-state index contributed by atoms with van der Waals surface area (Å²) in [6.07, 6.45) is 5.35. The van der Waals surface area contributed by atoms with Gasteiger partial charge in [-0.3, -0.25) is 4.90 Å². The van der Waals surface area contributed by atoms with Gasteiger partial charge in [-0.15, -0.1) is 0 Å². The van der Waals surface area contributed by atoms with Crippen molar-refractivity contribution in [2.45, 2.75) is 37.8 Å². The number of aromatic nitrogens is 1. The van der Waals surface area contributed by atoms with E-state index < -0.39 is 0 Å². The lowest BCUT2D eigenvalue weighted by Crippen LogP contribution is -2.45. The highest BCUT2D eigenvalue weighted by atomic mass is 15.3. The summed E-state index contributed by atoms with van der Waals surface area (Å²) < 4.78 is 0. The molecule has 0 amide bonds. The molecule has 21 heavy (non-hydrogen) atoms. The van der Waals surface area contributed by atoms with Gasteiger partial charge in [0.05, 0.1) is 5.52 Å². The van der Waals surface area contributed by atoms with E-state index in [1.165, 1.54) is 31.1 Å². The molecule has 3 heteroatoms. The third-order valence-electron chi connectivity index (χ3n) is 5.30. The Morgan fingerprint density at radius 2 is 1.86 bits per heavy atom. The molecule has 2 fully saturated rings. The molecule has 0 radical (unpaired) electrons. The molecule has 3 nitrogen and oxygen atoms in total. The van der Waals surface area contributed by atoms with Gasteiger partial charge in [0, 0.05) is 30.6 Å². The van der Waals surface area contributed by atoms with Gasteiger partial charge in [0.1, 0.15) is 5.82 Å². The third-order valence-corrected chi connectivity index (χ3v) is 5.30. The molecule has 2 atom stereocenters. The Kier molecular flexibility index (Phi) is 3.30. The minimum atomic E-state index is 0.694. The molecule has 2 aliphatic rings. The largest absolute Gasteiger partial charge is 0.355 e. The number of hydrogen-bond donors (Lipinski definition) is 0. The van der Waals surface area contributed by atoms with E-state index in [1.54, 1.807) is 0 Å². The fourth-order valence-corrected chi connectivity index (χ4v) is 3.95. The Morgan fingerprint density at radius 3 is 2.81 bits per heavy atom. The molecule has 2 aromatic rings. The average Bonchev–Trinajstić information content (AvgIpc) is 2.62. The standard InChI is InChI=1S/C18H23N3/c1-20-15-6-4-7-16(20)13-21(12-11-15)18-10-9-14-5-2-3-8-17(14)19-18/h2-3,5,8-10,15-16H,4,6-7,11-13H2,1H3. The minimum absolute atomic E-state index is 0.694. The molecular weight excluding hydrogens is 258 g/mol.